The maximum absolute atomic E-state index is 11.9. The lowest BCUT2D eigenvalue weighted by molar-refractivity contribution is 0.151. The minimum atomic E-state index is -0.858. The van der Waals surface area contributed by atoms with Crippen LogP contribution < -0.4 is 23.7 Å². The van der Waals surface area contributed by atoms with Crippen molar-refractivity contribution in [1.29, 1.82) is 0 Å². The summed E-state index contributed by atoms with van der Waals surface area (Å²) in [5.74, 6) is 1.79. The molecule has 0 aliphatic heterocycles. The van der Waals surface area contributed by atoms with Gasteiger partial charge in [-0.2, -0.15) is 0 Å². The molecule has 0 amide bonds. The zero-order valence-corrected chi connectivity index (χ0v) is 13.4. The Kier molecular flexibility index (Phi) is 5.30. The SMILES string of the molecule is COc1cc(OC(=O)Oc2ccc(C)cc2)cc(OC)c1OC. The Hall–Kier alpha value is -2.89. The second-order valence-electron chi connectivity index (χ2n) is 4.63. The summed E-state index contributed by atoms with van der Waals surface area (Å²) < 4.78 is 25.9. The first-order chi connectivity index (χ1) is 11.1. The van der Waals surface area contributed by atoms with Crippen LogP contribution in [0.2, 0.25) is 0 Å². The van der Waals surface area contributed by atoms with Gasteiger partial charge in [0.05, 0.1) is 21.3 Å². The lowest BCUT2D eigenvalue weighted by atomic mass is 10.2. The molecule has 0 bridgehead atoms. The first-order valence-corrected chi connectivity index (χ1v) is 6.83. The van der Waals surface area contributed by atoms with Crippen LogP contribution in [0.1, 0.15) is 5.56 Å². The Bertz CT molecular complexity index is 653. The van der Waals surface area contributed by atoms with E-state index in [2.05, 4.69) is 0 Å². The predicted octanol–water partition coefficient (Wildman–Crippen LogP) is 3.60. The van der Waals surface area contributed by atoms with Gasteiger partial charge < -0.3 is 23.7 Å². The monoisotopic (exact) mass is 318 g/mol. The van der Waals surface area contributed by atoms with Crippen LogP contribution in [0.3, 0.4) is 0 Å². The molecule has 2 aromatic carbocycles. The lowest BCUT2D eigenvalue weighted by Crippen LogP contribution is -2.14. The molecule has 0 radical (unpaired) electrons. The third-order valence-corrected chi connectivity index (χ3v) is 3.06. The minimum absolute atomic E-state index is 0.219. The summed E-state index contributed by atoms with van der Waals surface area (Å²) in [5.41, 5.74) is 1.07. The number of hydrogen-bond donors (Lipinski definition) is 0. The fourth-order valence-corrected chi connectivity index (χ4v) is 1.94. The second-order valence-corrected chi connectivity index (χ2v) is 4.63. The van der Waals surface area contributed by atoms with E-state index in [1.165, 1.54) is 33.5 Å². The fourth-order valence-electron chi connectivity index (χ4n) is 1.94. The maximum Gasteiger partial charge on any atom is 0.519 e. The van der Waals surface area contributed by atoms with Crippen molar-refractivity contribution in [2.24, 2.45) is 0 Å². The highest BCUT2D eigenvalue weighted by atomic mass is 16.7. The van der Waals surface area contributed by atoms with Gasteiger partial charge in [-0.25, -0.2) is 4.79 Å². The molecule has 0 atom stereocenters. The zero-order chi connectivity index (χ0) is 16.8. The lowest BCUT2D eigenvalue weighted by Gasteiger charge is -2.13. The molecule has 2 aromatic rings. The zero-order valence-electron chi connectivity index (χ0n) is 13.4. The Morgan fingerprint density at radius 2 is 1.30 bits per heavy atom. The number of carbonyl (C=O) groups is 1. The molecule has 6 nitrogen and oxygen atoms in total. The number of hydrogen-bond acceptors (Lipinski definition) is 6. The molecule has 0 heterocycles. The van der Waals surface area contributed by atoms with Crippen molar-refractivity contribution in [3.05, 3.63) is 42.0 Å². The van der Waals surface area contributed by atoms with Crippen molar-refractivity contribution in [3.63, 3.8) is 0 Å². The summed E-state index contributed by atoms with van der Waals surface area (Å²) >= 11 is 0. The number of methoxy groups -OCH3 is 3. The quantitative estimate of drug-likeness (QED) is 0.620. The van der Waals surface area contributed by atoms with Crippen LogP contribution in [0.4, 0.5) is 4.79 Å². The molecular formula is C17H18O6. The number of aryl methyl sites for hydroxylation is 1. The largest absolute Gasteiger partial charge is 0.519 e. The van der Waals surface area contributed by atoms with Gasteiger partial charge in [-0.15, -0.1) is 0 Å². The van der Waals surface area contributed by atoms with Gasteiger partial charge >= 0.3 is 6.16 Å². The highest BCUT2D eigenvalue weighted by Gasteiger charge is 2.16. The molecule has 122 valence electrons. The summed E-state index contributed by atoms with van der Waals surface area (Å²) in [6, 6.07) is 10.1. The molecule has 0 unspecified atom stereocenters. The second kappa shape index (κ2) is 7.40. The third-order valence-electron chi connectivity index (χ3n) is 3.06. The van der Waals surface area contributed by atoms with Crippen LogP contribution in [-0.4, -0.2) is 27.5 Å². The summed E-state index contributed by atoms with van der Waals surface area (Å²) in [6.45, 7) is 1.94. The third kappa shape index (κ3) is 4.06. The smallest absolute Gasteiger partial charge is 0.493 e. The fraction of sp³-hybridized carbons (Fsp3) is 0.235. The molecular weight excluding hydrogens is 300 g/mol. The van der Waals surface area contributed by atoms with Crippen LogP contribution in [0.25, 0.3) is 0 Å². The van der Waals surface area contributed by atoms with Crippen molar-refractivity contribution < 1.29 is 28.5 Å². The highest BCUT2D eigenvalue weighted by molar-refractivity contribution is 5.68. The van der Waals surface area contributed by atoms with Gasteiger partial charge in [0, 0.05) is 12.1 Å². The average Bonchev–Trinajstić information content (AvgIpc) is 2.55. The van der Waals surface area contributed by atoms with E-state index in [-0.39, 0.29) is 5.75 Å². The molecule has 2 rings (SSSR count). The minimum Gasteiger partial charge on any atom is -0.493 e. The van der Waals surface area contributed by atoms with E-state index in [4.69, 9.17) is 23.7 Å². The molecule has 0 aliphatic rings. The van der Waals surface area contributed by atoms with E-state index in [1.54, 1.807) is 12.1 Å². The van der Waals surface area contributed by atoms with Crippen molar-refractivity contribution >= 4 is 6.16 Å². The van der Waals surface area contributed by atoms with Gasteiger partial charge in [-0.3, -0.25) is 0 Å². The van der Waals surface area contributed by atoms with Crippen molar-refractivity contribution in [2.45, 2.75) is 6.92 Å². The van der Waals surface area contributed by atoms with Gasteiger partial charge in [0.2, 0.25) is 5.75 Å². The molecule has 0 aromatic heterocycles. The maximum atomic E-state index is 11.9. The molecule has 23 heavy (non-hydrogen) atoms. The van der Waals surface area contributed by atoms with Crippen molar-refractivity contribution in [3.8, 4) is 28.7 Å². The van der Waals surface area contributed by atoms with Crippen LogP contribution in [0.15, 0.2) is 36.4 Å². The summed E-state index contributed by atoms with van der Waals surface area (Å²) in [4.78, 5) is 11.9. The van der Waals surface area contributed by atoms with Gasteiger partial charge in [0.25, 0.3) is 0 Å². The Balaban J connectivity index is 2.15. The molecule has 0 N–H and O–H groups in total. The van der Waals surface area contributed by atoms with E-state index in [0.717, 1.165) is 5.56 Å². The summed E-state index contributed by atoms with van der Waals surface area (Å²) in [6.07, 6.45) is -0.858. The molecule has 0 saturated carbocycles. The van der Waals surface area contributed by atoms with E-state index in [0.29, 0.717) is 23.0 Å². The van der Waals surface area contributed by atoms with E-state index < -0.39 is 6.16 Å². The molecule has 0 spiro atoms. The van der Waals surface area contributed by atoms with Crippen LogP contribution in [0, 0.1) is 6.92 Å². The van der Waals surface area contributed by atoms with Gasteiger partial charge in [-0.05, 0) is 19.1 Å². The van der Waals surface area contributed by atoms with Gasteiger partial charge in [0.15, 0.2) is 11.5 Å². The average molecular weight is 318 g/mol. The Labute approximate surface area is 134 Å². The standard InChI is InChI=1S/C17H18O6/c1-11-5-7-12(8-6-11)22-17(18)23-13-9-14(19-2)16(21-4)15(10-13)20-3/h5-10H,1-4H3. The van der Waals surface area contributed by atoms with Crippen LogP contribution in [0.5, 0.6) is 28.7 Å². The topological polar surface area (TPSA) is 63.2 Å². The van der Waals surface area contributed by atoms with Crippen molar-refractivity contribution in [1.82, 2.24) is 0 Å². The molecule has 0 aliphatic carbocycles. The molecule has 0 fully saturated rings. The Morgan fingerprint density at radius 1 is 0.783 bits per heavy atom. The summed E-state index contributed by atoms with van der Waals surface area (Å²) in [5, 5.41) is 0. The molecule has 0 saturated heterocycles. The highest BCUT2D eigenvalue weighted by Crippen LogP contribution is 2.40. The van der Waals surface area contributed by atoms with Crippen LogP contribution in [-0.2, 0) is 0 Å². The van der Waals surface area contributed by atoms with E-state index in [1.807, 2.05) is 19.1 Å². The normalized spacial score (nSPS) is 9.91. The number of rotatable bonds is 5. The van der Waals surface area contributed by atoms with E-state index in [9.17, 15) is 4.79 Å². The summed E-state index contributed by atoms with van der Waals surface area (Å²) in [7, 11) is 4.45. The first kappa shape index (κ1) is 16.5. The predicted molar refractivity (Wildman–Crippen MR) is 83.9 cm³/mol. The van der Waals surface area contributed by atoms with Gasteiger partial charge in [0.1, 0.15) is 11.5 Å². The number of benzene rings is 2. The van der Waals surface area contributed by atoms with Gasteiger partial charge in [-0.1, -0.05) is 17.7 Å². The first-order valence-electron chi connectivity index (χ1n) is 6.83. The van der Waals surface area contributed by atoms with E-state index >= 15 is 0 Å². The van der Waals surface area contributed by atoms with Crippen LogP contribution >= 0.6 is 0 Å². The number of carbonyl (C=O) groups excluding carboxylic acids is 1. The molecule has 6 heteroatoms. The Morgan fingerprint density at radius 3 is 1.78 bits per heavy atom. The van der Waals surface area contributed by atoms with Crippen molar-refractivity contribution in [2.75, 3.05) is 21.3 Å². The number of ether oxygens (including phenoxy) is 5.